The van der Waals surface area contributed by atoms with E-state index in [9.17, 15) is 19.6 Å². The molecule has 0 saturated heterocycles. The minimum atomic E-state index is -1.13. The molecule has 0 bridgehead atoms. The number of furan rings is 1. The first-order valence-electron chi connectivity index (χ1n) is 9.38. The van der Waals surface area contributed by atoms with Gasteiger partial charge in [-0.1, -0.05) is 18.2 Å². The van der Waals surface area contributed by atoms with Crippen molar-refractivity contribution in [3.63, 3.8) is 0 Å². The highest BCUT2D eigenvalue weighted by atomic mass is 16.5. The summed E-state index contributed by atoms with van der Waals surface area (Å²) in [6.07, 6.45) is 1.28. The van der Waals surface area contributed by atoms with E-state index in [0.717, 1.165) is 0 Å². The summed E-state index contributed by atoms with van der Waals surface area (Å²) in [5.74, 6) is -1.60. The van der Waals surface area contributed by atoms with Crippen LogP contribution in [0.15, 0.2) is 64.6 Å². The minimum absolute atomic E-state index is 0.00511. The number of anilines is 1. The topological polar surface area (TPSA) is 130 Å². The zero-order valence-corrected chi connectivity index (χ0v) is 17.2. The molecule has 0 aliphatic carbocycles. The SMILES string of the molecule is COC(=O)c1cccc(-c2ccc(/C=C(/C#N)C(=O)Nc3cccc(C(=O)O)c3)o2)c1C. The van der Waals surface area contributed by atoms with Crippen molar-refractivity contribution in [2.45, 2.75) is 6.92 Å². The van der Waals surface area contributed by atoms with Crippen molar-refractivity contribution in [2.75, 3.05) is 12.4 Å². The average molecular weight is 430 g/mol. The number of carboxylic acids is 1. The molecule has 8 heteroatoms. The number of nitrogens with zero attached hydrogens (tertiary/aromatic N) is 1. The van der Waals surface area contributed by atoms with Crippen molar-refractivity contribution in [1.82, 2.24) is 0 Å². The second-order valence-electron chi connectivity index (χ2n) is 6.68. The molecule has 2 N–H and O–H groups in total. The molecular formula is C24H18N2O6. The summed E-state index contributed by atoms with van der Waals surface area (Å²) in [5.41, 5.74) is 1.75. The Bertz CT molecular complexity index is 1280. The minimum Gasteiger partial charge on any atom is -0.478 e. The van der Waals surface area contributed by atoms with E-state index in [1.165, 1.54) is 37.5 Å². The fourth-order valence-electron chi connectivity index (χ4n) is 3.03. The number of carbonyl (C=O) groups excluding carboxylic acids is 2. The van der Waals surface area contributed by atoms with Crippen LogP contribution < -0.4 is 5.32 Å². The van der Waals surface area contributed by atoms with Gasteiger partial charge in [-0.05, 0) is 48.9 Å². The lowest BCUT2D eigenvalue weighted by atomic mass is 10.0. The molecule has 160 valence electrons. The van der Waals surface area contributed by atoms with Crippen molar-refractivity contribution >= 4 is 29.6 Å². The van der Waals surface area contributed by atoms with Gasteiger partial charge in [0, 0.05) is 17.3 Å². The highest BCUT2D eigenvalue weighted by molar-refractivity contribution is 6.09. The second-order valence-corrected chi connectivity index (χ2v) is 6.68. The van der Waals surface area contributed by atoms with E-state index in [-0.39, 0.29) is 22.6 Å². The predicted molar refractivity (Wildman–Crippen MR) is 116 cm³/mol. The first-order chi connectivity index (χ1) is 15.3. The molecule has 0 saturated carbocycles. The Morgan fingerprint density at radius 2 is 1.88 bits per heavy atom. The van der Waals surface area contributed by atoms with Crippen LogP contribution in [-0.2, 0) is 9.53 Å². The first kappa shape index (κ1) is 22.1. The maximum atomic E-state index is 12.5. The van der Waals surface area contributed by atoms with Crippen LogP contribution in [0.2, 0.25) is 0 Å². The van der Waals surface area contributed by atoms with Crippen molar-refractivity contribution < 1.29 is 28.6 Å². The molecule has 0 aliphatic rings. The Morgan fingerprint density at radius 3 is 2.56 bits per heavy atom. The molecule has 1 aromatic heterocycles. The summed E-state index contributed by atoms with van der Waals surface area (Å²) in [7, 11) is 1.30. The predicted octanol–water partition coefficient (Wildman–Crippen LogP) is 4.29. The lowest BCUT2D eigenvalue weighted by Crippen LogP contribution is -2.13. The van der Waals surface area contributed by atoms with Crippen LogP contribution in [0.3, 0.4) is 0 Å². The number of carboxylic acid groups (broad SMARTS) is 1. The molecule has 8 nitrogen and oxygen atoms in total. The molecule has 0 spiro atoms. The summed E-state index contributed by atoms with van der Waals surface area (Å²) in [6, 6.07) is 15.9. The molecule has 0 atom stereocenters. The summed E-state index contributed by atoms with van der Waals surface area (Å²) >= 11 is 0. The Balaban J connectivity index is 1.85. The van der Waals surface area contributed by atoms with Crippen LogP contribution in [0.25, 0.3) is 17.4 Å². The monoisotopic (exact) mass is 430 g/mol. The molecule has 3 aromatic rings. The number of amides is 1. The second kappa shape index (κ2) is 9.45. The molecule has 32 heavy (non-hydrogen) atoms. The van der Waals surface area contributed by atoms with E-state index in [2.05, 4.69) is 5.32 Å². The summed E-state index contributed by atoms with van der Waals surface area (Å²) in [6.45, 7) is 1.76. The van der Waals surface area contributed by atoms with Crippen molar-refractivity contribution in [3.05, 3.63) is 82.6 Å². The number of methoxy groups -OCH3 is 1. The largest absolute Gasteiger partial charge is 0.478 e. The fourth-order valence-corrected chi connectivity index (χ4v) is 3.03. The van der Waals surface area contributed by atoms with Gasteiger partial charge >= 0.3 is 11.9 Å². The number of carbonyl (C=O) groups is 3. The van der Waals surface area contributed by atoms with Crippen LogP contribution >= 0.6 is 0 Å². The van der Waals surface area contributed by atoms with Gasteiger partial charge < -0.3 is 19.6 Å². The molecule has 1 heterocycles. The number of esters is 1. The maximum absolute atomic E-state index is 12.5. The number of rotatable bonds is 6. The number of benzene rings is 2. The third kappa shape index (κ3) is 4.74. The van der Waals surface area contributed by atoms with Crippen LogP contribution in [0.1, 0.15) is 32.0 Å². The number of hydrogen-bond acceptors (Lipinski definition) is 6. The van der Waals surface area contributed by atoms with Gasteiger partial charge in [-0.3, -0.25) is 4.79 Å². The molecule has 0 unspecified atom stereocenters. The first-order valence-corrected chi connectivity index (χ1v) is 9.38. The van der Waals surface area contributed by atoms with E-state index < -0.39 is 17.8 Å². The molecule has 3 rings (SSSR count). The standard InChI is InChI=1S/C24H18N2O6/c1-14-19(7-4-8-20(14)24(30)31-2)21-10-9-18(32-21)12-16(13-25)22(27)26-17-6-3-5-15(11-17)23(28)29/h3-12H,1-2H3,(H,26,27)(H,28,29)/b16-12-. The van der Waals surface area contributed by atoms with Crippen LogP contribution in [0, 0.1) is 18.3 Å². The van der Waals surface area contributed by atoms with E-state index in [1.807, 2.05) is 6.07 Å². The zero-order chi connectivity index (χ0) is 23.3. The third-order valence-corrected chi connectivity index (χ3v) is 4.65. The van der Waals surface area contributed by atoms with Gasteiger partial charge in [0.05, 0.1) is 18.2 Å². The van der Waals surface area contributed by atoms with E-state index >= 15 is 0 Å². The van der Waals surface area contributed by atoms with Crippen LogP contribution in [-0.4, -0.2) is 30.1 Å². The number of aromatic carboxylic acids is 1. The van der Waals surface area contributed by atoms with E-state index in [1.54, 1.807) is 37.3 Å². The number of nitrogens with one attached hydrogen (secondary N) is 1. The number of nitriles is 1. The zero-order valence-electron chi connectivity index (χ0n) is 17.2. The molecule has 0 fully saturated rings. The Labute approximate surface area is 183 Å². The number of ether oxygens (including phenoxy) is 1. The molecule has 0 aliphatic heterocycles. The fraction of sp³-hybridized carbons (Fsp3) is 0.0833. The quantitative estimate of drug-likeness (QED) is 0.339. The lowest BCUT2D eigenvalue weighted by molar-refractivity contribution is -0.112. The van der Waals surface area contributed by atoms with Crippen molar-refractivity contribution in [1.29, 1.82) is 5.26 Å². The van der Waals surface area contributed by atoms with Gasteiger partial charge in [0.25, 0.3) is 5.91 Å². The van der Waals surface area contributed by atoms with Gasteiger partial charge in [0.15, 0.2) is 0 Å². The highest BCUT2D eigenvalue weighted by Gasteiger charge is 2.16. The van der Waals surface area contributed by atoms with Crippen LogP contribution in [0.5, 0.6) is 0 Å². The average Bonchev–Trinajstić information content (AvgIpc) is 3.25. The smallest absolute Gasteiger partial charge is 0.338 e. The molecule has 2 aromatic carbocycles. The Morgan fingerprint density at radius 1 is 1.12 bits per heavy atom. The lowest BCUT2D eigenvalue weighted by Gasteiger charge is -2.07. The molecular weight excluding hydrogens is 412 g/mol. The van der Waals surface area contributed by atoms with Crippen molar-refractivity contribution in [3.8, 4) is 17.4 Å². The van der Waals surface area contributed by atoms with Gasteiger partial charge in [-0.15, -0.1) is 0 Å². The van der Waals surface area contributed by atoms with Gasteiger partial charge in [-0.2, -0.15) is 5.26 Å². The normalized spacial score (nSPS) is 10.8. The Kier molecular flexibility index (Phi) is 6.51. The summed E-state index contributed by atoms with van der Waals surface area (Å²) in [4.78, 5) is 35.5. The summed E-state index contributed by atoms with van der Waals surface area (Å²) < 4.78 is 10.5. The van der Waals surface area contributed by atoms with E-state index in [0.29, 0.717) is 22.5 Å². The molecule has 0 radical (unpaired) electrons. The van der Waals surface area contributed by atoms with E-state index in [4.69, 9.17) is 14.3 Å². The van der Waals surface area contributed by atoms with Crippen molar-refractivity contribution in [2.24, 2.45) is 0 Å². The van der Waals surface area contributed by atoms with Gasteiger partial charge in [0.2, 0.25) is 0 Å². The summed E-state index contributed by atoms with van der Waals surface area (Å²) in [5, 5.41) is 21.0. The van der Waals surface area contributed by atoms with Crippen LogP contribution in [0.4, 0.5) is 5.69 Å². The maximum Gasteiger partial charge on any atom is 0.338 e. The van der Waals surface area contributed by atoms with Gasteiger partial charge in [-0.25, -0.2) is 9.59 Å². The highest BCUT2D eigenvalue weighted by Crippen LogP contribution is 2.28. The Hall–Kier alpha value is -4.64. The third-order valence-electron chi connectivity index (χ3n) is 4.65. The number of hydrogen-bond donors (Lipinski definition) is 2. The molecule has 1 amide bonds. The van der Waals surface area contributed by atoms with Gasteiger partial charge in [0.1, 0.15) is 23.2 Å².